The summed E-state index contributed by atoms with van der Waals surface area (Å²) < 4.78 is 5.37. The summed E-state index contributed by atoms with van der Waals surface area (Å²) in [6, 6.07) is 23.3. The molecule has 2 aliphatic rings. The number of aliphatic hydroxyl groups is 2. The van der Waals surface area contributed by atoms with Gasteiger partial charge in [0.15, 0.2) is 5.37 Å². The van der Waals surface area contributed by atoms with E-state index in [9.17, 15) is 19.5 Å². The van der Waals surface area contributed by atoms with E-state index >= 15 is 0 Å². The number of fused-ring (bicyclic) bond motifs is 1. The first-order valence-corrected chi connectivity index (χ1v) is 16.7. The van der Waals surface area contributed by atoms with E-state index in [4.69, 9.17) is 9.84 Å². The van der Waals surface area contributed by atoms with Gasteiger partial charge in [-0.25, -0.2) is 4.79 Å². The number of amides is 4. The monoisotopic (exact) mass is 661 g/mol. The van der Waals surface area contributed by atoms with Crippen LogP contribution in [0.5, 0.6) is 0 Å². The van der Waals surface area contributed by atoms with Crippen molar-refractivity contribution >= 4 is 35.3 Å². The lowest BCUT2D eigenvalue weighted by Crippen LogP contribution is -2.50. The topological polar surface area (TPSA) is 143 Å². The van der Waals surface area contributed by atoms with Crippen molar-refractivity contribution in [1.82, 2.24) is 20.4 Å². The van der Waals surface area contributed by atoms with E-state index in [1.54, 1.807) is 9.80 Å². The molecule has 47 heavy (non-hydrogen) atoms. The van der Waals surface area contributed by atoms with E-state index in [0.717, 1.165) is 32.8 Å². The summed E-state index contributed by atoms with van der Waals surface area (Å²) in [6.45, 7) is 6.35. The van der Waals surface area contributed by atoms with Crippen LogP contribution in [0.3, 0.4) is 0 Å². The van der Waals surface area contributed by atoms with Gasteiger partial charge in [0.25, 0.3) is 5.91 Å². The van der Waals surface area contributed by atoms with Gasteiger partial charge in [-0.3, -0.25) is 9.59 Å². The number of nitrogens with one attached hydrogen (secondary N) is 3. The number of carbonyl (C=O) groups excluding carboxylic acids is 3. The molecule has 2 aliphatic heterocycles. The van der Waals surface area contributed by atoms with Crippen molar-refractivity contribution in [2.24, 2.45) is 0 Å². The molecule has 11 nitrogen and oxygen atoms in total. The largest absolute Gasteiger partial charge is 0.394 e. The highest BCUT2D eigenvalue weighted by Crippen LogP contribution is 2.33. The second-order valence-electron chi connectivity index (χ2n) is 12.4. The van der Waals surface area contributed by atoms with Gasteiger partial charge in [-0.1, -0.05) is 72.4 Å². The molecule has 1 saturated heterocycles. The van der Waals surface area contributed by atoms with Gasteiger partial charge in [-0.05, 0) is 42.7 Å². The van der Waals surface area contributed by atoms with Crippen LogP contribution in [0.1, 0.15) is 31.4 Å². The average Bonchev–Trinajstić information content (AvgIpc) is 3.20. The molecule has 0 aliphatic carbocycles. The van der Waals surface area contributed by atoms with Crippen LogP contribution in [0, 0.1) is 0 Å². The van der Waals surface area contributed by atoms with Crippen LogP contribution in [-0.4, -0.2) is 94.3 Å². The number of hydrogen-bond acceptors (Lipinski definition) is 8. The van der Waals surface area contributed by atoms with Crippen LogP contribution >= 0.6 is 11.8 Å². The van der Waals surface area contributed by atoms with Crippen molar-refractivity contribution in [2.75, 3.05) is 44.8 Å². The van der Waals surface area contributed by atoms with Gasteiger partial charge < -0.3 is 40.7 Å². The lowest BCUT2D eigenvalue weighted by Gasteiger charge is -2.29. The number of ether oxygens (including phenoxy) is 1. The molecule has 250 valence electrons. The zero-order valence-electron chi connectivity index (χ0n) is 26.8. The maximum Gasteiger partial charge on any atom is 0.322 e. The molecule has 3 aromatic rings. The number of morpholine rings is 1. The second kappa shape index (κ2) is 15.8. The van der Waals surface area contributed by atoms with Crippen molar-refractivity contribution in [1.29, 1.82) is 0 Å². The molecule has 1 fully saturated rings. The van der Waals surface area contributed by atoms with Gasteiger partial charge in [0.2, 0.25) is 5.91 Å². The van der Waals surface area contributed by atoms with Crippen molar-refractivity contribution < 1.29 is 29.3 Å². The molecule has 3 aromatic carbocycles. The number of rotatable bonds is 11. The summed E-state index contributed by atoms with van der Waals surface area (Å²) >= 11 is 1.33. The Labute approximate surface area is 279 Å². The van der Waals surface area contributed by atoms with Crippen LogP contribution in [-0.2, 0) is 27.4 Å². The Kier molecular flexibility index (Phi) is 11.5. The predicted octanol–water partition coefficient (Wildman–Crippen LogP) is 3.41. The Morgan fingerprint density at radius 1 is 1.02 bits per heavy atom. The number of para-hydroxylation sites is 1. The zero-order valence-corrected chi connectivity index (χ0v) is 27.6. The highest BCUT2D eigenvalue weighted by molar-refractivity contribution is 8.00. The molecule has 4 amide bonds. The molecule has 5 rings (SSSR count). The SMILES string of the molecule is CC(C)(CC(=O)N[C@@H]1Sc2ccccc2CN(Cc2ccc(-c3ccccc3NC(=O)N3CCOCC3)cc2)C1=O)NC[C@H](O)CO. The Morgan fingerprint density at radius 3 is 2.47 bits per heavy atom. The van der Waals surface area contributed by atoms with Crippen molar-refractivity contribution in [2.45, 2.75) is 55.3 Å². The third-order valence-electron chi connectivity index (χ3n) is 8.14. The van der Waals surface area contributed by atoms with E-state index in [-0.39, 0.29) is 37.4 Å². The van der Waals surface area contributed by atoms with Crippen LogP contribution in [0.2, 0.25) is 0 Å². The molecule has 0 spiro atoms. The Balaban J connectivity index is 1.28. The minimum absolute atomic E-state index is 0.0764. The number of thioether (sulfide) groups is 1. The molecular weight excluding hydrogens is 618 g/mol. The summed E-state index contributed by atoms with van der Waals surface area (Å²) in [6.07, 6.45) is -0.848. The smallest absolute Gasteiger partial charge is 0.322 e. The maximum absolute atomic E-state index is 13.9. The normalized spacial score (nSPS) is 17.4. The van der Waals surface area contributed by atoms with Crippen molar-refractivity contribution in [3.63, 3.8) is 0 Å². The Hall–Kier alpha value is -3.94. The fourth-order valence-corrected chi connectivity index (χ4v) is 6.67. The van der Waals surface area contributed by atoms with Crippen LogP contribution in [0.25, 0.3) is 11.1 Å². The van der Waals surface area contributed by atoms with E-state index in [2.05, 4.69) is 16.0 Å². The first kappa shape index (κ1) is 34.4. The summed E-state index contributed by atoms with van der Waals surface area (Å²) in [5.74, 6) is -0.490. The molecule has 12 heteroatoms. The standard InChI is InChI=1S/C35H43N5O6S/c1-35(2,36-20-27(42)23-41)19-31(43)38-32-33(44)40(22-26-7-3-6-10-30(26)47-32)21-24-11-13-25(14-12-24)28-8-4-5-9-29(28)37-34(45)39-15-17-46-18-16-39/h3-14,27,32,36,41-42H,15-23H2,1-2H3,(H,37,45)(H,38,43)/t27-,32+/m0/s1. The highest BCUT2D eigenvalue weighted by Gasteiger charge is 2.33. The molecule has 5 N–H and O–H groups in total. The zero-order chi connectivity index (χ0) is 33.4. The number of urea groups is 1. The van der Waals surface area contributed by atoms with Gasteiger partial charge in [0, 0.05) is 55.1 Å². The van der Waals surface area contributed by atoms with E-state index in [1.807, 2.05) is 86.6 Å². The maximum atomic E-state index is 13.9. The van der Waals surface area contributed by atoms with Crippen LogP contribution < -0.4 is 16.0 Å². The van der Waals surface area contributed by atoms with E-state index in [0.29, 0.717) is 39.4 Å². The first-order chi connectivity index (χ1) is 22.6. The van der Waals surface area contributed by atoms with Gasteiger partial charge in [0.1, 0.15) is 0 Å². The average molecular weight is 662 g/mol. The summed E-state index contributed by atoms with van der Waals surface area (Å²) in [5, 5.41) is 27.1. The van der Waals surface area contributed by atoms with E-state index in [1.165, 1.54) is 11.8 Å². The first-order valence-electron chi connectivity index (χ1n) is 15.8. The molecule has 2 atom stereocenters. The van der Waals surface area contributed by atoms with Gasteiger partial charge in [0.05, 0.1) is 31.6 Å². The summed E-state index contributed by atoms with van der Waals surface area (Å²) in [5.41, 5.74) is 3.81. The van der Waals surface area contributed by atoms with Gasteiger partial charge in [-0.15, -0.1) is 0 Å². The minimum Gasteiger partial charge on any atom is -0.394 e. The summed E-state index contributed by atoms with van der Waals surface area (Å²) in [4.78, 5) is 44.4. The predicted molar refractivity (Wildman–Crippen MR) is 182 cm³/mol. The van der Waals surface area contributed by atoms with Crippen molar-refractivity contribution in [3.05, 3.63) is 83.9 Å². The van der Waals surface area contributed by atoms with E-state index < -0.39 is 17.0 Å². The lowest BCUT2D eigenvalue weighted by molar-refractivity contribution is -0.135. The molecule has 0 saturated carbocycles. The Bertz CT molecular complexity index is 1550. The highest BCUT2D eigenvalue weighted by atomic mass is 32.2. The quantitative estimate of drug-likeness (QED) is 0.211. The summed E-state index contributed by atoms with van der Waals surface area (Å²) in [7, 11) is 0. The Morgan fingerprint density at radius 2 is 1.72 bits per heavy atom. The number of β-amino-alcohol motifs (C(OH)–C–C–N with tert-alkyl or cyclic N) is 1. The number of carbonyl (C=O) groups is 3. The molecule has 0 radical (unpaired) electrons. The van der Waals surface area contributed by atoms with Gasteiger partial charge in [-0.2, -0.15) is 0 Å². The molecular formula is C35H43N5O6S. The third-order valence-corrected chi connectivity index (χ3v) is 9.35. The molecule has 2 heterocycles. The molecule has 0 unspecified atom stereocenters. The van der Waals surface area contributed by atoms with Crippen molar-refractivity contribution in [3.8, 4) is 11.1 Å². The van der Waals surface area contributed by atoms with Gasteiger partial charge >= 0.3 is 6.03 Å². The second-order valence-corrected chi connectivity index (χ2v) is 13.6. The minimum atomic E-state index is -0.925. The van der Waals surface area contributed by atoms with Crippen LogP contribution in [0.15, 0.2) is 77.7 Å². The van der Waals surface area contributed by atoms with Crippen LogP contribution in [0.4, 0.5) is 10.5 Å². The fourth-order valence-electron chi connectivity index (χ4n) is 5.54. The fraction of sp³-hybridized carbons (Fsp3) is 0.400. The molecule has 0 aromatic heterocycles. The lowest BCUT2D eigenvalue weighted by atomic mass is 10.00. The molecule has 0 bridgehead atoms. The number of aliphatic hydroxyl groups excluding tert-OH is 2. The number of nitrogens with zero attached hydrogens (tertiary/aromatic N) is 2. The number of hydrogen-bond donors (Lipinski definition) is 5. The number of benzene rings is 3. The third kappa shape index (κ3) is 9.33. The number of anilines is 1.